The number of unbranched alkanes of at least 4 members (excludes halogenated alkanes) is 1. The van der Waals surface area contributed by atoms with E-state index in [0.29, 0.717) is 15.9 Å². The molecule has 1 fully saturated rings. The van der Waals surface area contributed by atoms with Crippen LogP contribution in [0.1, 0.15) is 38.2 Å². The number of hydrogen-bond donors (Lipinski definition) is 1. The number of benzene rings is 1. The number of aliphatic imine (C=N–C) groups is 1. The van der Waals surface area contributed by atoms with Crippen LogP contribution in [0, 0.1) is 0 Å². The number of amidine groups is 1. The van der Waals surface area contributed by atoms with Gasteiger partial charge in [0.15, 0.2) is 0 Å². The van der Waals surface area contributed by atoms with E-state index in [1.54, 1.807) is 18.2 Å². The third-order valence-corrected chi connectivity index (χ3v) is 6.24. The van der Waals surface area contributed by atoms with Gasteiger partial charge in [-0.2, -0.15) is 0 Å². The summed E-state index contributed by atoms with van der Waals surface area (Å²) in [4.78, 5) is 17.3. The molecule has 0 aliphatic carbocycles. The van der Waals surface area contributed by atoms with Crippen LogP contribution < -0.4 is 5.32 Å². The summed E-state index contributed by atoms with van der Waals surface area (Å²) in [5, 5.41) is 3.99. The molecule has 0 bridgehead atoms. The van der Waals surface area contributed by atoms with Crippen molar-refractivity contribution < 1.29 is 4.79 Å². The quantitative estimate of drug-likeness (QED) is 0.611. The van der Waals surface area contributed by atoms with Crippen molar-refractivity contribution in [2.75, 3.05) is 18.8 Å². The van der Waals surface area contributed by atoms with Crippen molar-refractivity contribution in [3.8, 4) is 0 Å². The number of carbonyl (C=O) groups is 1. The number of carbonyl (C=O) groups excluding carboxylic acids is 1. The number of piperidine rings is 1. The van der Waals surface area contributed by atoms with E-state index in [2.05, 4.69) is 16.5 Å². The van der Waals surface area contributed by atoms with Crippen LogP contribution in [0.5, 0.6) is 0 Å². The third-order valence-electron chi connectivity index (χ3n) is 4.49. The van der Waals surface area contributed by atoms with Gasteiger partial charge in [-0.15, -0.1) is 0 Å². The Bertz CT molecular complexity index is 657. The Morgan fingerprint density at radius 3 is 2.75 bits per heavy atom. The summed E-state index contributed by atoms with van der Waals surface area (Å²) in [5.74, 6) is 1.69. The maximum absolute atomic E-state index is 12.6. The van der Waals surface area contributed by atoms with Crippen molar-refractivity contribution in [1.82, 2.24) is 9.62 Å². The Balaban J connectivity index is 1.71. The highest BCUT2D eigenvalue weighted by molar-refractivity contribution is 7.97. The summed E-state index contributed by atoms with van der Waals surface area (Å²) in [6, 6.07) is 5.24. The van der Waals surface area contributed by atoms with Crippen molar-refractivity contribution >= 4 is 46.9 Å². The predicted molar refractivity (Wildman–Crippen MR) is 102 cm³/mol. The highest BCUT2D eigenvalue weighted by atomic mass is 35.5. The number of nitrogens with zero attached hydrogens (tertiary/aromatic N) is 2. The average molecular weight is 386 g/mol. The molecule has 7 heteroatoms. The van der Waals surface area contributed by atoms with Crippen LogP contribution in [0.15, 0.2) is 23.2 Å². The molecule has 130 valence electrons. The van der Waals surface area contributed by atoms with Gasteiger partial charge in [0, 0.05) is 29.4 Å². The molecule has 1 aromatic rings. The van der Waals surface area contributed by atoms with Crippen molar-refractivity contribution in [3.05, 3.63) is 33.8 Å². The summed E-state index contributed by atoms with van der Waals surface area (Å²) in [7, 11) is 0. The minimum Gasteiger partial charge on any atom is -0.308 e. The van der Waals surface area contributed by atoms with Gasteiger partial charge in [0.25, 0.3) is 5.91 Å². The second-order valence-electron chi connectivity index (χ2n) is 6.19. The van der Waals surface area contributed by atoms with Crippen LogP contribution in [0.4, 0.5) is 0 Å². The molecule has 0 aromatic heterocycles. The first-order valence-corrected chi connectivity index (χ1v) is 9.98. The molecule has 0 radical (unpaired) electrons. The topological polar surface area (TPSA) is 44.7 Å². The van der Waals surface area contributed by atoms with Gasteiger partial charge < -0.3 is 5.32 Å². The Hall–Kier alpha value is -0.750. The third kappa shape index (κ3) is 3.74. The van der Waals surface area contributed by atoms with Crippen molar-refractivity contribution in [3.63, 3.8) is 0 Å². The minimum atomic E-state index is -0.639. The fourth-order valence-electron chi connectivity index (χ4n) is 2.99. The average Bonchev–Trinajstić information content (AvgIpc) is 2.86. The van der Waals surface area contributed by atoms with Gasteiger partial charge in [-0.25, -0.2) is 0 Å². The maximum Gasteiger partial charge on any atom is 0.253 e. The lowest BCUT2D eigenvalue weighted by Crippen LogP contribution is -2.47. The molecule has 3 rings (SSSR count). The van der Waals surface area contributed by atoms with Gasteiger partial charge in [-0.3, -0.25) is 14.1 Å². The second kappa shape index (κ2) is 7.65. The lowest BCUT2D eigenvalue weighted by atomic mass is 9.89. The first-order chi connectivity index (χ1) is 11.5. The lowest BCUT2D eigenvalue weighted by Gasteiger charge is -2.34. The van der Waals surface area contributed by atoms with E-state index >= 15 is 0 Å². The van der Waals surface area contributed by atoms with Crippen molar-refractivity contribution in [2.24, 2.45) is 4.99 Å². The predicted octanol–water partition coefficient (Wildman–Crippen LogP) is 4.15. The zero-order chi connectivity index (χ0) is 17.2. The number of halogens is 2. The number of rotatable bonds is 5. The summed E-state index contributed by atoms with van der Waals surface area (Å²) in [5.41, 5.74) is 0.0890. The first-order valence-electron chi connectivity index (χ1n) is 8.29. The Labute approximate surface area is 157 Å². The van der Waals surface area contributed by atoms with E-state index < -0.39 is 5.54 Å². The molecule has 1 spiro atoms. The fourth-order valence-corrected chi connectivity index (χ4v) is 4.60. The number of hydrogen-bond acceptors (Lipinski definition) is 4. The van der Waals surface area contributed by atoms with Crippen LogP contribution in [0.25, 0.3) is 0 Å². The van der Waals surface area contributed by atoms with Gasteiger partial charge in [-0.05, 0) is 37.5 Å². The highest BCUT2D eigenvalue weighted by Gasteiger charge is 2.46. The van der Waals surface area contributed by atoms with Gasteiger partial charge in [0.2, 0.25) is 0 Å². The monoisotopic (exact) mass is 385 g/mol. The summed E-state index contributed by atoms with van der Waals surface area (Å²) in [6.07, 6.45) is 3.92. The maximum atomic E-state index is 12.6. The van der Waals surface area contributed by atoms with E-state index in [0.717, 1.165) is 37.2 Å². The van der Waals surface area contributed by atoms with Crippen LogP contribution in [0.2, 0.25) is 10.0 Å². The smallest absolute Gasteiger partial charge is 0.253 e. The largest absolute Gasteiger partial charge is 0.308 e. The zero-order valence-corrected chi connectivity index (χ0v) is 16.0. The number of nitrogens with one attached hydrogen (secondary N) is 1. The molecule has 1 N–H and O–H groups in total. The molecule has 2 heterocycles. The molecule has 0 saturated carbocycles. The van der Waals surface area contributed by atoms with Crippen LogP contribution in [-0.2, 0) is 4.79 Å². The first kappa shape index (κ1) is 18.1. The molecule has 1 amide bonds. The van der Waals surface area contributed by atoms with Gasteiger partial charge in [0.05, 0.1) is 5.02 Å². The molecule has 0 atom stereocenters. The van der Waals surface area contributed by atoms with E-state index in [1.807, 2.05) is 11.9 Å². The molecule has 2 aliphatic heterocycles. The zero-order valence-electron chi connectivity index (χ0n) is 13.6. The number of amides is 1. The Kier molecular flexibility index (Phi) is 5.75. The van der Waals surface area contributed by atoms with Gasteiger partial charge >= 0.3 is 0 Å². The van der Waals surface area contributed by atoms with Crippen LogP contribution in [0.3, 0.4) is 0 Å². The van der Waals surface area contributed by atoms with Crippen molar-refractivity contribution in [2.45, 2.75) is 38.1 Å². The highest BCUT2D eigenvalue weighted by Crippen LogP contribution is 2.34. The molecule has 24 heavy (non-hydrogen) atoms. The standard InChI is InChI=1S/C17H21Cl2N3OS/c1-2-3-10-24-22-8-6-17(7-9-22)16(23)20-15(21-17)13-5-4-12(18)11-14(13)19/h4-5,11H,2-3,6-10H2,1H3,(H,20,21,23). The normalized spacial score (nSPS) is 20.3. The molecule has 0 unspecified atom stereocenters. The fraction of sp³-hybridized carbons (Fsp3) is 0.529. The molecule has 1 aromatic carbocycles. The van der Waals surface area contributed by atoms with Crippen LogP contribution >= 0.6 is 35.1 Å². The molecule has 1 saturated heterocycles. The Morgan fingerprint density at radius 2 is 2.08 bits per heavy atom. The van der Waals surface area contributed by atoms with E-state index in [4.69, 9.17) is 28.2 Å². The van der Waals surface area contributed by atoms with E-state index in [-0.39, 0.29) is 5.91 Å². The van der Waals surface area contributed by atoms with Crippen molar-refractivity contribution in [1.29, 1.82) is 0 Å². The SMILES string of the molecule is CCCCSN1CCC2(CC1)N=C(c1ccc(Cl)cc1Cl)NC2=O. The van der Waals surface area contributed by atoms with Gasteiger partial charge in [-0.1, -0.05) is 48.5 Å². The minimum absolute atomic E-state index is 0.0123. The molecular weight excluding hydrogens is 365 g/mol. The lowest BCUT2D eigenvalue weighted by molar-refractivity contribution is -0.124. The summed E-state index contributed by atoms with van der Waals surface area (Å²) >= 11 is 14.1. The molecular formula is C17H21Cl2N3OS. The summed E-state index contributed by atoms with van der Waals surface area (Å²) < 4.78 is 2.36. The molecule has 4 nitrogen and oxygen atoms in total. The van der Waals surface area contributed by atoms with E-state index in [9.17, 15) is 4.79 Å². The van der Waals surface area contributed by atoms with E-state index in [1.165, 1.54) is 12.8 Å². The Morgan fingerprint density at radius 1 is 1.33 bits per heavy atom. The van der Waals surface area contributed by atoms with Gasteiger partial charge in [0.1, 0.15) is 11.4 Å². The summed E-state index contributed by atoms with van der Waals surface area (Å²) in [6.45, 7) is 3.96. The van der Waals surface area contributed by atoms with Crippen LogP contribution in [-0.4, -0.2) is 40.4 Å². The molecule has 2 aliphatic rings. The second-order valence-corrected chi connectivity index (χ2v) is 8.21.